The predicted molar refractivity (Wildman–Crippen MR) is 102 cm³/mol. The molecule has 1 atom stereocenters. The number of furan rings is 1. The Morgan fingerprint density at radius 2 is 1.81 bits per heavy atom. The van der Waals surface area contributed by atoms with Crippen molar-refractivity contribution in [2.45, 2.75) is 19.9 Å². The fourth-order valence-corrected chi connectivity index (χ4v) is 2.72. The molecule has 0 aliphatic carbocycles. The van der Waals surface area contributed by atoms with Crippen LogP contribution in [0.5, 0.6) is 17.2 Å². The molecule has 146 valence electrons. The standard InChI is InChI=1S/C20H25NO6/c1-7-26-20(22)12(2)18(15-8-9-27-13(15)3)21-14-10-16(23-4)19(25-6)17(11-14)24-5/h8-11,18,21H,2,7H2,1,3-6H3. The molecule has 1 heterocycles. The highest BCUT2D eigenvalue weighted by molar-refractivity contribution is 5.90. The Labute approximate surface area is 158 Å². The minimum Gasteiger partial charge on any atom is -0.493 e. The van der Waals surface area contributed by atoms with Crippen molar-refractivity contribution >= 4 is 11.7 Å². The van der Waals surface area contributed by atoms with E-state index in [2.05, 4.69) is 11.9 Å². The molecule has 27 heavy (non-hydrogen) atoms. The van der Waals surface area contributed by atoms with Gasteiger partial charge in [0.25, 0.3) is 0 Å². The highest BCUT2D eigenvalue weighted by Crippen LogP contribution is 2.41. The number of ether oxygens (including phenoxy) is 4. The van der Waals surface area contributed by atoms with Crippen molar-refractivity contribution in [3.8, 4) is 17.2 Å². The molecule has 0 bridgehead atoms. The number of carbonyl (C=O) groups is 1. The Balaban J connectivity index is 2.45. The maximum absolute atomic E-state index is 12.3. The van der Waals surface area contributed by atoms with Crippen LogP contribution in [0.3, 0.4) is 0 Å². The average molecular weight is 375 g/mol. The Bertz CT molecular complexity index is 786. The van der Waals surface area contributed by atoms with Gasteiger partial charge in [0.05, 0.1) is 45.8 Å². The lowest BCUT2D eigenvalue weighted by atomic mass is 10.00. The summed E-state index contributed by atoms with van der Waals surface area (Å²) in [5.74, 6) is 1.65. The summed E-state index contributed by atoms with van der Waals surface area (Å²) >= 11 is 0. The first-order chi connectivity index (χ1) is 13.0. The molecule has 0 amide bonds. The summed E-state index contributed by atoms with van der Waals surface area (Å²) in [6.45, 7) is 7.75. The van der Waals surface area contributed by atoms with Crippen molar-refractivity contribution in [1.82, 2.24) is 0 Å². The van der Waals surface area contributed by atoms with Gasteiger partial charge in [-0.05, 0) is 19.9 Å². The monoisotopic (exact) mass is 375 g/mol. The first kappa shape index (κ1) is 20.2. The molecule has 0 fully saturated rings. The van der Waals surface area contributed by atoms with Crippen molar-refractivity contribution in [1.29, 1.82) is 0 Å². The Kier molecular flexibility index (Phi) is 6.76. The maximum atomic E-state index is 12.3. The highest BCUT2D eigenvalue weighted by atomic mass is 16.5. The number of carbonyl (C=O) groups excluding carboxylic acids is 1. The van der Waals surface area contributed by atoms with Gasteiger partial charge in [0.2, 0.25) is 5.75 Å². The van der Waals surface area contributed by atoms with Crippen LogP contribution in [0, 0.1) is 6.92 Å². The summed E-state index contributed by atoms with van der Waals surface area (Å²) in [6.07, 6.45) is 1.56. The van der Waals surface area contributed by atoms with Gasteiger partial charge in [-0.25, -0.2) is 4.79 Å². The van der Waals surface area contributed by atoms with E-state index in [9.17, 15) is 4.79 Å². The van der Waals surface area contributed by atoms with E-state index < -0.39 is 12.0 Å². The lowest BCUT2D eigenvalue weighted by Crippen LogP contribution is -2.20. The Morgan fingerprint density at radius 1 is 1.19 bits per heavy atom. The molecule has 0 saturated heterocycles. The predicted octanol–water partition coefficient (Wildman–Crippen LogP) is 3.89. The Hall–Kier alpha value is -3.09. The van der Waals surface area contributed by atoms with Gasteiger partial charge < -0.3 is 28.7 Å². The number of benzene rings is 1. The molecular formula is C20H25NO6. The normalized spacial score (nSPS) is 11.4. The average Bonchev–Trinajstić information content (AvgIpc) is 3.10. The summed E-state index contributed by atoms with van der Waals surface area (Å²) < 4.78 is 26.6. The molecule has 2 aromatic rings. The number of nitrogens with one attached hydrogen (secondary N) is 1. The molecule has 1 aromatic carbocycles. The second-order valence-electron chi connectivity index (χ2n) is 5.67. The van der Waals surface area contributed by atoms with Crippen LogP contribution in [-0.2, 0) is 9.53 Å². The third kappa shape index (κ3) is 4.36. The van der Waals surface area contributed by atoms with Crippen LogP contribution in [0.4, 0.5) is 5.69 Å². The molecule has 0 spiro atoms. The smallest absolute Gasteiger partial charge is 0.335 e. The second kappa shape index (κ2) is 9.02. The van der Waals surface area contributed by atoms with Crippen molar-refractivity contribution in [3.63, 3.8) is 0 Å². The SMILES string of the molecule is C=C(C(=O)OCC)C(Nc1cc(OC)c(OC)c(OC)c1)c1ccoc1C. The van der Waals surface area contributed by atoms with Crippen LogP contribution in [-0.4, -0.2) is 33.9 Å². The lowest BCUT2D eigenvalue weighted by molar-refractivity contribution is -0.138. The third-order valence-electron chi connectivity index (χ3n) is 4.07. The van der Waals surface area contributed by atoms with Crippen LogP contribution in [0.1, 0.15) is 24.3 Å². The minimum atomic E-state index is -0.550. The molecule has 2 rings (SSSR count). The number of rotatable bonds is 9. The number of esters is 1. The van der Waals surface area contributed by atoms with Crippen LogP contribution in [0.15, 0.2) is 41.0 Å². The summed E-state index contributed by atoms with van der Waals surface area (Å²) in [4.78, 5) is 12.3. The number of anilines is 1. The molecular weight excluding hydrogens is 350 g/mol. The largest absolute Gasteiger partial charge is 0.493 e. The van der Waals surface area contributed by atoms with Crippen molar-refractivity contribution in [3.05, 3.63) is 47.9 Å². The number of hydrogen-bond acceptors (Lipinski definition) is 7. The summed E-state index contributed by atoms with van der Waals surface area (Å²) in [7, 11) is 4.61. The van der Waals surface area contributed by atoms with Crippen LogP contribution >= 0.6 is 0 Å². The number of hydrogen-bond donors (Lipinski definition) is 1. The molecule has 0 radical (unpaired) electrons. The third-order valence-corrected chi connectivity index (χ3v) is 4.07. The molecule has 0 aliphatic heterocycles. The van der Waals surface area contributed by atoms with Gasteiger partial charge in [0.15, 0.2) is 11.5 Å². The molecule has 1 N–H and O–H groups in total. The summed E-state index contributed by atoms with van der Waals surface area (Å²) in [5, 5.41) is 3.29. The first-order valence-electron chi connectivity index (χ1n) is 8.43. The van der Waals surface area contributed by atoms with E-state index in [0.717, 1.165) is 5.56 Å². The van der Waals surface area contributed by atoms with Crippen LogP contribution in [0.25, 0.3) is 0 Å². The fourth-order valence-electron chi connectivity index (χ4n) is 2.72. The van der Waals surface area contributed by atoms with Crippen molar-refractivity contribution in [2.24, 2.45) is 0 Å². The quantitative estimate of drug-likeness (QED) is 0.526. The maximum Gasteiger partial charge on any atom is 0.335 e. The van der Waals surface area contributed by atoms with Gasteiger partial charge in [-0.3, -0.25) is 0 Å². The number of methoxy groups -OCH3 is 3. The van der Waals surface area contributed by atoms with Gasteiger partial charge in [0.1, 0.15) is 5.76 Å². The van der Waals surface area contributed by atoms with E-state index in [0.29, 0.717) is 28.7 Å². The van der Waals surface area contributed by atoms with Gasteiger partial charge >= 0.3 is 5.97 Å². The molecule has 7 heteroatoms. The highest BCUT2D eigenvalue weighted by Gasteiger charge is 2.26. The van der Waals surface area contributed by atoms with E-state index in [1.807, 2.05) is 6.92 Å². The Morgan fingerprint density at radius 3 is 2.26 bits per heavy atom. The first-order valence-corrected chi connectivity index (χ1v) is 8.43. The van der Waals surface area contributed by atoms with Crippen LogP contribution < -0.4 is 19.5 Å². The zero-order valence-electron chi connectivity index (χ0n) is 16.3. The van der Waals surface area contributed by atoms with E-state index in [1.165, 1.54) is 21.3 Å². The van der Waals surface area contributed by atoms with Crippen LogP contribution in [0.2, 0.25) is 0 Å². The second-order valence-corrected chi connectivity index (χ2v) is 5.67. The molecule has 1 unspecified atom stereocenters. The van der Waals surface area contributed by atoms with E-state index in [4.69, 9.17) is 23.4 Å². The van der Waals surface area contributed by atoms with Gasteiger partial charge in [-0.15, -0.1) is 0 Å². The summed E-state index contributed by atoms with van der Waals surface area (Å²) in [5.41, 5.74) is 1.69. The minimum absolute atomic E-state index is 0.259. The zero-order valence-corrected chi connectivity index (χ0v) is 16.3. The lowest BCUT2D eigenvalue weighted by Gasteiger charge is -2.22. The van der Waals surface area contributed by atoms with Gasteiger partial charge in [-0.1, -0.05) is 6.58 Å². The van der Waals surface area contributed by atoms with E-state index in [-0.39, 0.29) is 12.2 Å². The molecule has 1 aromatic heterocycles. The van der Waals surface area contributed by atoms with Gasteiger partial charge in [0, 0.05) is 23.4 Å². The van der Waals surface area contributed by atoms with Crippen molar-refractivity contribution < 1.29 is 28.2 Å². The topological polar surface area (TPSA) is 79.2 Å². The summed E-state index contributed by atoms with van der Waals surface area (Å²) in [6, 6.07) is 4.74. The molecule has 7 nitrogen and oxygen atoms in total. The van der Waals surface area contributed by atoms with Gasteiger partial charge in [-0.2, -0.15) is 0 Å². The molecule has 0 aliphatic rings. The van der Waals surface area contributed by atoms with Crippen molar-refractivity contribution in [2.75, 3.05) is 33.3 Å². The zero-order chi connectivity index (χ0) is 20.0. The number of aryl methyl sites for hydroxylation is 1. The fraction of sp³-hybridized carbons (Fsp3) is 0.350. The van der Waals surface area contributed by atoms with E-state index >= 15 is 0 Å². The van der Waals surface area contributed by atoms with E-state index in [1.54, 1.807) is 31.4 Å². The molecule has 0 saturated carbocycles.